The van der Waals surface area contributed by atoms with E-state index in [-0.39, 0.29) is 18.4 Å². The molecule has 1 saturated heterocycles. The van der Waals surface area contributed by atoms with Crippen molar-refractivity contribution in [3.05, 3.63) is 60.4 Å². The molecule has 1 atom stereocenters. The molecule has 1 N–H and O–H groups in total. The Kier molecular flexibility index (Phi) is 3.16. The maximum Gasteiger partial charge on any atom is 0.254 e. The average Bonchev–Trinajstić information content (AvgIpc) is 2.51. The number of hydrogen-bond acceptors (Lipinski definition) is 3. The number of piperazine rings is 1. The van der Waals surface area contributed by atoms with Gasteiger partial charge in [0.25, 0.3) is 5.91 Å². The van der Waals surface area contributed by atoms with E-state index in [4.69, 9.17) is 0 Å². The molecule has 3 rings (SSSR count). The molecule has 100 valence electrons. The summed E-state index contributed by atoms with van der Waals surface area (Å²) in [5.41, 5.74) is 1.41. The van der Waals surface area contributed by atoms with Crippen LogP contribution in [0.4, 0.5) is 5.69 Å². The minimum absolute atomic E-state index is 0.0217. The van der Waals surface area contributed by atoms with Crippen LogP contribution in [0.2, 0.25) is 0 Å². The first kappa shape index (κ1) is 12.3. The number of carbonyl (C=O) groups excluding carboxylic acids is 2. The average molecular weight is 267 g/mol. The summed E-state index contributed by atoms with van der Waals surface area (Å²) in [7, 11) is 0. The Morgan fingerprint density at radius 3 is 2.60 bits per heavy atom. The lowest BCUT2D eigenvalue weighted by Crippen LogP contribution is -2.53. The van der Waals surface area contributed by atoms with Crippen LogP contribution >= 0.6 is 0 Å². The van der Waals surface area contributed by atoms with E-state index in [9.17, 15) is 9.59 Å². The third kappa shape index (κ3) is 2.25. The van der Waals surface area contributed by atoms with Gasteiger partial charge in [0.2, 0.25) is 5.91 Å². The van der Waals surface area contributed by atoms with Gasteiger partial charge in [0, 0.05) is 6.20 Å². The van der Waals surface area contributed by atoms with Crippen LogP contribution in [-0.2, 0) is 9.59 Å². The lowest BCUT2D eigenvalue weighted by Gasteiger charge is -2.32. The van der Waals surface area contributed by atoms with Gasteiger partial charge in [0.05, 0.1) is 11.9 Å². The molecule has 2 aromatic rings. The van der Waals surface area contributed by atoms with E-state index >= 15 is 0 Å². The van der Waals surface area contributed by atoms with E-state index in [1.54, 1.807) is 24.5 Å². The first-order valence-corrected chi connectivity index (χ1v) is 6.31. The molecule has 1 aliphatic rings. The fourth-order valence-electron chi connectivity index (χ4n) is 2.25. The van der Waals surface area contributed by atoms with Gasteiger partial charge in [0.1, 0.15) is 12.6 Å². The van der Waals surface area contributed by atoms with Crippen molar-refractivity contribution in [3.8, 4) is 0 Å². The predicted octanol–water partition coefficient (Wildman–Crippen LogP) is 1.29. The van der Waals surface area contributed by atoms with Crippen LogP contribution in [0.15, 0.2) is 54.9 Å². The molecule has 1 unspecified atom stereocenters. The van der Waals surface area contributed by atoms with Crippen molar-refractivity contribution in [2.24, 2.45) is 0 Å². The number of hydrogen-bond donors (Lipinski definition) is 1. The molecule has 2 heterocycles. The Balaban J connectivity index is 1.94. The lowest BCUT2D eigenvalue weighted by molar-refractivity contribution is -0.131. The van der Waals surface area contributed by atoms with Crippen molar-refractivity contribution in [2.45, 2.75) is 6.04 Å². The highest BCUT2D eigenvalue weighted by Gasteiger charge is 2.34. The van der Waals surface area contributed by atoms with E-state index in [1.165, 1.54) is 4.90 Å². The minimum atomic E-state index is -0.641. The third-order valence-electron chi connectivity index (χ3n) is 3.21. The van der Waals surface area contributed by atoms with Gasteiger partial charge in [-0.2, -0.15) is 0 Å². The highest BCUT2D eigenvalue weighted by atomic mass is 16.2. The second-order valence-electron chi connectivity index (χ2n) is 4.55. The SMILES string of the molecule is O=C1CN(c2cccnc2)C(=O)C(c2ccccc2)N1. The predicted molar refractivity (Wildman–Crippen MR) is 73.9 cm³/mol. The molecule has 0 saturated carbocycles. The van der Waals surface area contributed by atoms with Crippen LogP contribution in [-0.4, -0.2) is 23.3 Å². The first-order chi connectivity index (χ1) is 9.75. The standard InChI is InChI=1S/C15H13N3O2/c19-13-10-18(12-7-4-8-16-9-12)15(20)14(17-13)11-5-2-1-3-6-11/h1-9,14H,10H2,(H,17,19). The van der Waals surface area contributed by atoms with Crippen LogP contribution in [0.1, 0.15) is 11.6 Å². The zero-order chi connectivity index (χ0) is 13.9. The van der Waals surface area contributed by atoms with Crippen molar-refractivity contribution in [1.29, 1.82) is 0 Å². The molecule has 1 aliphatic heterocycles. The second-order valence-corrected chi connectivity index (χ2v) is 4.55. The lowest BCUT2D eigenvalue weighted by atomic mass is 10.0. The maximum absolute atomic E-state index is 12.6. The maximum atomic E-state index is 12.6. The fraction of sp³-hybridized carbons (Fsp3) is 0.133. The molecule has 1 fully saturated rings. The molecule has 0 bridgehead atoms. The summed E-state index contributed by atoms with van der Waals surface area (Å²) in [5, 5.41) is 2.73. The summed E-state index contributed by atoms with van der Waals surface area (Å²) in [6, 6.07) is 12.1. The molecule has 1 aromatic carbocycles. The van der Waals surface area contributed by atoms with Gasteiger partial charge in [-0.1, -0.05) is 30.3 Å². The van der Waals surface area contributed by atoms with Crippen LogP contribution in [0.5, 0.6) is 0 Å². The molecule has 0 aliphatic carbocycles. The number of nitrogens with one attached hydrogen (secondary N) is 1. The van der Waals surface area contributed by atoms with E-state index in [2.05, 4.69) is 10.3 Å². The zero-order valence-corrected chi connectivity index (χ0v) is 10.7. The summed E-state index contributed by atoms with van der Waals surface area (Å²) in [6.07, 6.45) is 3.21. The number of amides is 2. The van der Waals surface area contributed by atoms with Gasteiger partial charge in [-0.05, 0) is 17.7 Å². The molecule has 5 nitrogen and oxygen atoms in total. The summed E-state index contributed by atoms with van der Waals surface area (Å²) >= 11 is 0. The Morgan fingerprint density at radius 1 is 1.10 bits per heavy atom. The van der Waals surface area contributed by atoms with Crippen LogP contribution < -0.4 is 10.2 Å². The Morgan fingerprint density at radius 2 is 1.90 bits per heavy atom. The Hall–Kier alpha value is -2.69. The molecule has 2 amide bonds. The summed E-state index contributed by atoms with van der Waals surface area (Å²) in [4.78, 5) is 29.9. The first-order valence-electron chi connectivity index (χ1n) is 6.31. The van der Waals surface area contributed by atoms with Gasteiger partial charge in [-0.3, -0.25) is 19.5 Å². The number of anilines is 1. The number of rotatable bonds is 2. The van der Waals surface area contributed by atoms with Crippen molar-refractivity contribution >= 4 is 17.5 Å². The quantitative estimate of drug-likeness (QED) is 0.891. The number of aromatic nitrogens is 1. The fourth-order valence-corrected chi connectivity index (χ4v) is 2.25. The Bertz CT molecular complexity index is 575. The van der Waals surface area contributed by atoms with Gasteiger partial charge < -0.3 is 5.32 Å². The van der Waals surface area contributed by atoms with Crippen LogP contribution in [0.3, 0.4) is 0 Å². The number of benzene rings is 1. The number of carbonyl (C=O) groups is 2. The summed E-state index contributed by atoms with van der Waals surface area (Å²) < 4.78 is 0. The molecule has 0 spiro atoms. The molecular weight excluding hydrogens is 254 g/mol. The van der Waals surface area contributed by atoms with E-state index < -0.39 is 6.04 Å². The normalized spacial score (nSPS) is 18.8. The van der Waals surface area contributed by atoms with Crippen molar-refractivity contribution < 1.29 is 9.59 Å². The summed E-state index contributed by atoms with van der Waals surface area (Å²) in [6.45, 7) is 0.0217. The zero-order valence-electron chi connectivity index (χ0n) is 10.7. The molecule has 5 heteroatoms. The van der Waals surface area contributed by atoms with Gasteiger partial charge >= 0.3 is 0 Å². The van der Waals surface area contributed by atoms with Gasteiger partial charge in [-0.25, -0.2) is 0 Å². The highest BCUT2D eigenvalue weighted by molar-refractivity contribution is 6.06. The van der Waals surface area contributed by atoms with Crippen molar-refractivity contribution in [3.63, 3.8) is 0 Å². The van der Waals surface area contributed by atoms with Crippen LogP contribution in [0.25, 0.3) is 0 Å². The monoisotopic (exact) mass is 267 g/mol. The molecule has 0 radical (unpaired) electrons. The highest BCUT2D eigenvalue weighted by Crippen LogP contribution is 2.23. The molecular formula is C15H13N3O2. The minimum Gasteiger partial charge on any atom is -0.339 e. The van der Waals surface area contributed by atoms with E-state index in [0.717, 1.165) is 5.56 Å². The number of pyridine rings is 1. The van der Waals surface area contributed by atoms with Gasteiger partial charge in [-0.15, -0.1) is 0 Å². The topological polar surface area (TPSA) is 62.3 Å². The van der Waals surface area contributed by atoms with E-state index in [1.807, 2.05) is 30.3 Å². The van der Waals surface area contributed by atoms with Gasteiger partial charge in [0.15, 0.2) is 0 Å². The molecule has 1 aromatic heterocycles. The summed E-state index contributed by atoms with van der Waals surface area (Å²) in [5.74, 6) is -0.328. The van der Waals surface area contributed by atoms with Crippen molar-refractivity contribution in [1.82, 2.24) is 10.3 Å². The van der Waals surface area contributed by atoms with E-state index in [0.29, 0.717) is 5.69 Å². The number of nitrogens with zero attached hydrogens (tertiary/aromatic N) is 2. The second kappa shape index (κ2) is 5.13. The largest absolute Gasteiger partial charge is 0.339 e. The van der Waals surface area contributed by atoms with Crippen molar-refractivity contribution in [2.75, 3.05) is 11.4 Å². The van der Waals surface area contributed by atoms with Crippen LogP contribution in [0, 0.1) is 0 Å². The smallest absolute Gasteiger partial charge is 0.254 e. The third-order valence-corrected chi connectivity index (χ3v) is 3.21. The Labute approximate surface area is 116 Å². The molecule has 20 heavy (non-hydrogen) atoms.